The first-order chi connectivity index (χ1) is 5.74. The van der Waals surface area contributed by atoms with Crippen LogP contribution in [0.15, 0.2) is 17.9 Å². The van der Waals surface area contributed by atoms with Gasteiger partial charge in [-0.3, -0.25) is 0 Å². The molecule has 0 saturated carbocycles. The fourth-order valence-corrected chi connectivity index (χ4v) is 1.62. The summed E-state index contributed by atoms with van der Waals surface area (Å²) in [7, 11) is 0.483. The maximum Gasteiger partial charge on any atom is 0.328 e. The highest BCUT2D eigenvalue weighted by Crippen LogP contribution is 2.21. The lowest BCUT2D eigenvalue weighted by Crippen LogP contribution is -2.32. The van der Waals surface area contributed by atoms with Crippen molar-refractivity contribution in [2.75, 3.05) is 11.9 Å². The molecule has 4 nitrogen and oxygen atoms in total. The van der Waals surface area contributed by atoms with E-state index in [1.54, 1.807) is 0 Å². The maximum atomic E-state index is 10.5. The number of nitrogens with one attached hydrogen (secondary N) is 1. The summed E-state index contributed by atoms with van der Waals surface area (Å²) in [6.45, 7) is -0.392. The smallest absolute Gasteiger partial charge is 0.328 e. The van der Waals surface area contributed by atoms with E-state index in [-0.39, 0.29) is 0 Å². The van der Waals surface area contributed by atoms with Crippen molar-refractivity contribution in [3.63, 3.8) is 0 Å². The molecule has 0 fully saturated rings. The van der Waals surface area contributed by atoms with Crippen LogP contribution in [0.5, 0.6) is 0 Å². The number of carboxylic acid groups (broad SMARTS) is 1. The topological polar surface area (TPSA) is 69.6 Å². The number of carbonyl (C=O) groups is 1. The van der Waals surface area contributed by atoms with Crippen molar-refractivity contribution >= 4 is 19.6 Å². The van der Waals surface area contributed by atoms with E-state index in [9.17, 15) is 4.79 Å². The molecule has 66 valence electrons. The van der Waals surface area contributed by atoms with Crippen molar-refractivity contribution in [3.8, 4) is 0 Å². The molecule has 2 unspecified atom stereocenters. The van der Waals surface area contributed by atoms with Crippen molar-refractivity contribution in [1.82, 2.24) is 0 Å². The number of aliphatic hydroxyl groups excluding tert-OH is 1. The van der Waals surface area contributed by atoms with Gasteiger partial charge in [0.15, 0.2) is 0 Å². The fraction of sp³-hybridized carbons (Fsp3) is 0.286. The van der Waals surface area contributed by atoms with Crippen molar-refractivity contribution in [3.05, 3.63) is 17.9 Å². The molecular formula is C7H10NO3P. The summed E-state index contributed by atoms with van der Waals surface area (Å²) in [5.41, 5.74) is 0.858. The van der Waals surface area contributed by atoms with Gasteiger partial charge in [0.25, 0.3) is 0 Å². The van der Waals surface area contributed by atoms with Crippen LogP contribution in [0.3, 0.4) is 0 Å². The molecule has 1 heterocycles. The van der Waals surface area contributed by atoms with Gasteiger partial charge in [0, 0.05) is 0 Å². The summed E-state index contributed by atoms with van der Waals surface area (Å²) in [6.07, 6.45) is 0. The zero-order chi connectivity index (χ0) is 8.97. The number of aliphatic carboxylic acids is 1. The quantitative estimate of drug-likeness (QED) is 0.644. The molecular weight excluding hydrogens is 177 g/mol. The van der Waals surface area contributed by atoms with Gasteiger partial charge in [-0.15, -0.1) is 8.19 Å². The van der Waals surface area contributed by atoms with Gasteiger partial charge in [-0.2, -0.15) is 0 Å². The van der Waals surface area contributed by atoms with Crippen molar-refractivity contribution in [2.45, 2.75) is 6.04 Å². The third kappa shape index (κ3) is 2.26. The average Bonchev–Trinajstić information content (AvgIpc) is 2.51. The molecule has 2 atom stereocenters. The Morgan fingerprint density at radius 3 is 2.92 bits per heavy atom. The van der Waals surface area contributed by atoms with Crippen LogP contribution in [-0.4, -0.2) is 28.8 Å². The van der Waals surface area contributed by atoms with Crippen molar-refractivity contribution in [2.24, 2.45) is 0 Å². The Morgan fingerprint density at radius 1 is 1.75 bits per heavy atom. The summed E-state index contributed by atoms with van der Waals surface area (Å²) in [5, 5.41) is 20.0. The second-order valence-electron chi connectivity index (χ2n) is 2.30. The van der Waals surface area contributed by atoms with Gasteiger partial charge in [-0.25, -0.2) is 4.79 Å². The third-order valence-corrected chi connectivity index (χ3v) is 2.39. The molecule has 12 heavy (non-hydrogen) atoms. The summed E-state index contributed by atoms with van der Waals surface area (Å²) in [6, 6.07) is 2.78. The first-order valence-electron chi connectivity index (χ1n) is 3.47. The summed E-state index contributed by atoms with van der Waals surface area (Å²) in [4.78, 5) is 10.5. The lowest BCUT2D eigenvalue weighted by atomic mass is 10.3. The minimum Gasteiger partial charge on any atom is -0.480 e. The summed E-state index contributed by atoms with van der Waals surface area (Å²) < 4.78 is 0. The Bertz CT molecular complexity index is 247. The second-order valence-corrected chi connectivity index (χ2v) is 3.46. The van der Waals surface area contributed by atoms with Gasteiger partial charge in [0.1, 0.15) is 6.04 Å². The van der Waals surface area contributed by atoms with E-state index in [4.69, 9.17) is 10.2 Å². The van der Waals surface area contributed by atoms with Crippen LogP contribution in [0.1, 0.15) is 0 Å². The van der Waals surface area contributed by atoms with Gasteiger partial charge >= 0.3 is 5.97 Å². The van der Waals surface area contributed by atoms with Gasteiger partial charge in [0.05, 0.1) is 12.0 Å². The average molecular weight is 187 g/mol. The lowest BCUT2D eigenvalue weighted by molar-refractivity contribution is -0.138. The minimum atomic E-state index is -1.03. The monoisotopic (exact) mass is 187 g/mol. The highest BCUT2D eigenvalue weighted by molar-refractivity contribution is 7.33. The van der Waals surface area contributed by atoms with E-state index in [0.29, 0.717) is 8.19 Å². The Kier molecular flexibility index (Phi) is 3.14. The van der Waals surface area contributed by atoms with Crippen molar-refractivity contribution in [1.29, 1.82) is 0 Å². The molecule has 0 aliphatic carbocycles. The molecule has 1 aromatic rings. The molecule has 1 aromatic heterocycles. The molecule has 0 aromatic carbocycles. The minimum absolute atomic E-state index is 0.392. The molecule has 0 radical (unpaired) electrons. The van der Waals surface area contributed by atoms with Crippen LogP contribution < -0.4 is 5.32 Å². The zero-order valence-electron chi connectivity index (χ0n) is 6.32. The highest BCUT2D eigenvalue weighted by atomic mass is 31.0. The molecule has 0 saturated heterocycles. The Labute approximate surface area is 71.3 Å². The molecule has 5 heteroatoms. The Hall–Kier alpha value is -0.990. The van der Waals surface area contributed by atoms with Gasteiger partial charge in [-0.1, -0.05) is 6.07 Å². The Morgan fingerprint density at radius 2 is 2.50 bits per heavy atom. The number of hydrogen-bond acceptors (Lipinski definition) is 3. The standard InChI is InChI=1S/C7H10NO3P/c9-4-5(7(10)11)8-6-2-1-3-12-6/h1-3,5,8-9,12H,4H2,(H,10,11). The van der Waals surface area contributed by atoms with Gasteiger partial charge in [-0.05, 0) is 11.9 Å². The van der Waals surface area contributed by atoms with Crippen LogP contribution in [0.4, 0.5) is 5.42 Å². The van der Waals surface area contributed by atoms with Crippen LogP contribution in [0.25, 0.3) is 0 Å². The van der Waals surface area contributed by atoms with Crippen LogP contribution in [0.2, 0.25) is 0 Å². The number of anilines is 1. The molecule has 0 spiro atoms. The van der Waals surface area contributed by atoms with Crippen LogP contribution in [-0.2, 0) is 4.79 Å². The van der Waals surface area contributed by atoms with Crippen LogP contribution >= 0.6 is 8.19 Å². The largest absolute Gasteiger partial charge is 0.480 e. The second kappa shape index (κ2) is 4.14. The molecule has 0 aliphatic heterocycles. The van der Waals surface area contributed by atoms with E-state index in [0.717, 1.165) is 5.42 Å². The summed E-state index contributed by atoms with van der Waals surface area (Å²) in [5.74, 6) is 0.911. The molecule has 0 bridgehead atoms. The van der Waals surface area contributed by atoms with Crippen LogP contribution in [0, 0.1) is 0 Å². The van der Waals surface area contributed by atoms with E-state index in [1.807, 2.05) is 17.9 Å². The predicted molar refractivity (Wildman–Crippen MR) is 48.1 cm³/mol. The molecule has 3 N–H and O–H groups in total. The number of carboxylic acids is 1. The van der Waals surface area contributed by atoms with E-state index < -0.39 is 18.6 Å². The molecule has 0 aliphatic rings. The third-order valence-electron chi connectivity index (χ3n) is 1.41. The summed E-state index contributed by atoms with van der Waals surface area (Å²) >= 11 is 0. The van der Waals surface area contributed by atoms with E-state index >= 15 is 0 Å². The highest BCUT2D eigenvalue weighted by Gasteiger charge is 2.14. The predicted octanol–water partition coefficient (Wildman–Crippen LogP) is 0.575. The maximum absolute atomic E-state index is 10.5. The van der Waals surface area contributed by atoms with Gasteiger partial charge in [0.2, 0.25) is 0 Å². The first-order valence-corrected chi connectivity index (χ1v) is 4.55. The SMILES string of the molecule is O=C(O)C(CO)Nc1ccc[pH]1. The number of rotatable bonds is 4. The molecule has 0 amide bonds. The van der Waals surface area contributed by atoms with Gasteiger partial charge < -0.3 is 15.5 Å². The normalized spacial score (nSPS) is 13.1. The zero-order valence-corrected chi connectivity index (χ0v) is 7.32. The number of aliphatic hydroxyl groups is 1. The molecule has 1 rings (SSSR count). The fourth-order valence-electron chi connectivity index (χ4n) is 0.793. The van der Waals surface area contributed by atoms with E-state index in [1.165, 1.54) is 0 Å². The van der Waals surface area contributed by atoms with Crippen molar-refractivity contribution < 1.29 is 15.0 Å². The van der Waals surface area contributed by atoms with E-state index in [2.05, 4.69) is 5.32 Å². The Balaban J connectivity index is 2.54. The number of hydrogen-bond donors (Lipinski definition) is 3. The lowest BCUT2D eigenvalue weighted by Gasteiger charge is -2.10. The first kappa shape index (κ1) is 9.10.